The van der Waals surface area contributed by atoms with Crippen LogP contribution in [-0.4, -0.2) is 15.7 Å². The fourth-order valence-corrected chi connectivity index (χ4v) is 3.35. The molecule has 1 fully saturated rings. The molecular formula is C15H20N2OS. The van der Waals surface area contributed by atoms with Crippen LogP contribution in [0.2, 0.25) is 0 Å². The maximum atomic E-state index is 5.87. The predicted molar refractivity (Wildman–Crippen MR) is 80.4 cm³/mol. The van der Waals surface area contributed by atoms with Crippen molar-refractivity contribution in [3.8, 4) is 5.75 Å². The van der Waals surface area contributed by atoms with Crippen LogP contribution in [0.4, 0.5) is 0 Å². The predicted octanol–water partition coefficient (Wildman–Crippen LogP) is 4.60. The number of fused-ring (bicyclic) bond motifs is 1. The van der Waals surface area contributed by atoms with Crippen molar-refractivity contribution in [3.63, 3.8) is 0 Å². The number of para-hydroxylation sites is 1. The Bertz CT molecular complexity index is 635. The number of nitrogens with zero attached hydrogens (tertiary/aromatic N) is 1. The Labute approximate surface area is 118 Å². The van der Waals surface area contributed by atoms with Crippen molar-refractivity contribution < 1.29 is 4.74 Å². The molecule has 0 saturated heterocycles. The van der Waals surface area contributed by atoms with Crippen molar-refractivity contribution in [3.05, 3.63) is 23.0 Å². The molecule has 19 heavy (non-hydrogen) atoms. The molecule has 102 valence electrons. The molecule has 0 atom stereocenters. The molecule has 1 saturated carbocycles. The minimum Gasteiger partial charge on any atom is -0.489 e. The molecule has 1 aliphatic rings. The molecule has 0 radical (unpaired) electrons. The van der Waals surface area contributed by atoms with Gasteiger partial charge in [-0.2, -0.15) is 0 Å². The van der Waals surface area contributed by atoms with Gasteiger partial charge in [0.05, 0.1) is 11.6 Å². The van der Waals surface area contributed by atoms with Gasteiger partial charge in [-0.05, 0) is 51.0 Å². The van der Waals surface area contributed by atoms with Gasteiger partial charge in [-0.3, -0.25) is 0 Å². The maximum absolute atomic E-state index is 5.87. The smallest absolute Gasteiger partial charge is 0.178 e. The molecule has 1 aromatic heterocycles. The average Bonchev–Trinajstić information content (AvgIpc) is 2.95. The summed E-state index contributed by atoms with van der Waals surface area (Å²) in [4.78, 5) is 3.33. The highest BCUT2D eigenvalue weighted by molar-refractivity contribution is 7.71. The Morgan fingerprint density at radius 3 is 2.74 bits per heavy atom. The van der Waals surface area contributed by atoms with Gasteiger partial charge < -0.3 is 14.3 Å². The Kier molecular flexibility index (Phi) is 3.35. The van der Waals surface area contributed by atoms with Crippen molar-refractivity contribution in [2.24, 2.45) is 0 Å². The first-order chi connectivity index (χ1) is 9.16. The van der Waals surface area contributed by atoms with Crippen LogP contribution in [-0.2, 0) is 0 Å². The van der Waals surface area contributed by atoms with Crippen LogP contribution in [0.3, 0.4) is 0 Å². The van der Waals surface area contributed by atoms with Crippen LogP contribution in [0.25, 0.3) is 11.0 Å². The van der Waals surface area contributed by atoms with Crippen molar-refractivity contribution >= 4 is 23.3 Å². The average molecular weight is 276 g/mol. The van der Waals surface area contributed by atoms with Gasteiger partial charge >= 0.3 is 0 Å². The van der Waals surface area contributed by atoms with E-state index in [1.165, 1.54) is 31.2 Å². The van der Waals surface area contributed by atoms with E-state index >= 15 is 0 Å². The van der Waals surface area contributed by atoms with Gasteiger partial charge in [-0.25, -0.2) is 0 Å². The number of imidazole rings is 1. The molecule has 2 aromatic rings. The first-order valence-electron chi connectivity index (χ1n) is 7.06. The number of rotatable bonds is 3. The summed E-state index contributed by atoms with van der Waals surface area (Å²) < 4.78 is 8.97. The summed E-state index contributed by atoms with van der Waals surface area (Å²) in [5, 5.41) is 0. The zero-order chi connectivity index (χ0) is 13.4. The van der Waals surface area contributed by atoms with Gasteiger partial charge in [0, 0.05) is 6.04 Å². The van der Waals surface area contributed by atoms with E-state index in [0.717, 1.165) is 16.0 Å². The summed E-state index contributed by atoms with van der Waals surface area (Å²) in [5.41, 5.74) is 2.21. The second-order valence-electron chi connectivity index (χ2n) is 5.56. The normalized spacial score (nSPS) is 16.6. The third-order valence-corrected chi connectivity index (χ3v) is 4.07. The lowest BCUT2D eigenvalue weighted by Gasteiger charge is -2.13. The number of hydrogen-bond donors (Lipinski definition) is 1. The lowest BCUT2D eigenvalue weighted by atomic mass is 10.2. The zero-order valence-corrected chi connectivity index (χ0v) is 12.3. The standard InChI is InChI=1S/C15H20N2OS/c1-10(2)18-13-9-5-8-12-14(13)16-15(19)17(12)11-6-3-4-7-11/h5,8-11H,3-4,6-7H2,1-2H3,(H,16,19). The molecule has 0 bridgehead atoms. The minimum atomic E-state index is 0.169. The number of ether oxygens (including phenoxy) is 1. The van der Waals surface area contributed by atoms with Gasteiger partial charge in [0.25, 0.3) is 0 Å². The third-order valence-electron chi connectivity index (χ3n) is 3.77. The zero-order valence-electron chi connectivity index (χ0n) is 11.5. The van der Waals surface area contributed by atoms with Crippen molar-refractivity contribution in [1.82, 2.24) is 9.55 Å². The Morgan fingerprint density at radius 1 is 1.32 bits per heavy atom. The first kappa shape index (κ1) is 12.7. The Balaban J connectivity index is 2.13. The molecule has 0 amide bonds. The molecule has 3 rings (SSSR count). The second-order valence-corrected chi connectivity index (χ2v) is 5.94. The van der Waals surface area contributed by atoms with Gasteiger partial charge in [0.2, 0.25) is 0 Å². The lowest BCUT2D eigenvalue weighted by Crippen LogP contribution is -2.06. The lowest BCUT2D eigenvalue weighted by molar-refractivity contribution is 0.245. The molecule has 0 spiro atoms. The highest BCUT2D eigenvalue weighted by atomic mass is 32.1. The van der Waals surface area contributed by atoms with E-state index in [9.17, 15) is 0 Å². The first-order valence-corrected chi connectivity index (χ1v) is 7.47. The SMILES string of the molecule is CC(C)Oc1cccc2c1[nH]c(=S)n2C1CCCC1. The van der Waals surface area contributed by atoms with E-state index in [0.29, 0.717) is 6.04 Å². The molecular weight excluding hydrogens is 256 g/mol. The number of nitrogens with one attached hydrogen (secondary N) is 1. The molecule has 1 heterocycles. The number of aromatic nitrogens is 2. The van der Waals surface area contributed by atoms with Crippen molar-refractivity contribution in [2.75, 3.05) is 0 Å². The van der Waals surface area contributed by atoms with Crippen LogP contribution < -0.4 is 4.74 Å². The van der Waals surface area contributed by atoms with Crippen LogP contribution in [0.5, 0.6) is 5.75 Å². The van der Waals surface area contributed by atoms with Crippen molar-refractivity contribution in [2.45, 2.75) is 51.7 Å². The van der Waals surface area contributed by atoms with E-state index in [1.54, 1.807) is 0 Å². The van der Waals surface area contributed by atoms with Gasteiger partial charge in [0.15, 0.2) is 4.77 Å². The van der Waals surface area contributed by atoms with E-state index in [1.807, 2.05) is 26.0 Å². The van der Waals surface area contributed by atoms with Crippen molar-refractivity contribution in [1.29, 1.82) is 0 Å². The molecule has 1 N–H and O–H groups in total. The third kappa shape index (κ3) is 2.29. The van der Waals surface area contributed by atoms with Crippen LogP contribution in [0.15, 0.2) is 18.2 Å². The summed E-state index contributed by atoms with van der Waals surface area (Å²) in [6.45, 7) is 4.09. The van der Waals surface area contributed by atoms with Crippen LogP contribution >= 0.6 is 12.2 Å². The van der Waals surface area contributed by atoms with Gasteiger partial charge in [0.1, 0.15) is 11.3 Å². The number of aromatic amines is 1. The van der Waals surface area contributed by atoms with Gasteiger partial charge in [-0.15, -0.1) is 0 Å². The monoisotopic (exact) mass is 276 g/mol. The summed E-state index contributed by atoms with van der Waals surface area (Å²) in [6.07, 6.45) is 5.25. The van der Waals surface area contributed by atoms with Gasteiger partial charge in [-0.1, -0.05) is 18.9 Å². The summed E-state index contributed by atoms with van der Waals surface area (Å²) in [6, 6.07) is 6.74. The van der Waals surface area contributed by atoms with Crippen LogP contribution in [0.1, 0.15) is 45.6 Å². The number of H-pyrrole nitrogens is 1. The number of hydrogen-bond acceptors (Lipinski definition) is 2. The Hall–Kier alpha value is -1.29. The molecule has 3 nitrogen and oxygen atoms in total. The largest absolute Gasteiger partial charge is 0.489 e. The quantitative estimate of drug-likeness (QED) is 0.830. The molecule has 4 heteroatoms. The molecule has 1 aromatic carbocycles. The highest BCUT2D eigenvalue weighted by Crippen LogP contribution is 2.34. The van der Waals surface area contributed by atoms with E-state index in [2.05, 4.69) is 15.6 Å². The van der Waals surface area contributed by atoms with Crippen LogP contribution in [0, 0.1) is 4.77 Å². The number of benzene rings is 1. The fourth-order valence-electron chi connectivity index (χ4n) is 3.00. The summed E-state index contributed by atoms with van der Waals surface area (Å²) in [7, 11) is 0. The molecule has 0 aliphatic heterocycles. The second kappa shape index (κ2) is 5.00. The van der Waals surface area contributed by atoms with E-state index in [4.69, 9.17) is 17.0 Å². The summed E-state index contributed by atoms with van der Waals surface area (Å²) in [5.74, 6) is 0.898. The fraction of sp³-hybridized carbons (Fsp3) is 0.533. The molecule has 0 unspecified atom stereocenters. The minimum absolute atomic E-state index is 0.169. The topological polar surface area (TPSA) is 29.9 Å². The van der Waals surface area contributed by atoms with E-state index in [-0.39, 0.29) is 6.10 Å². The molecule has 1 aliphatic carbocycles. The van der Waals surface area contributed by atoms with E-state index < -0.39 is 0 Å². The summed E-state index contributed by atoms with van der Waals surface area (Å²) >= 11 is 5.51. The Morgan fingerprint density at radius 2 is 2.05 bits per heavy atom. The maximum Gasteiger partial charge on any atom is 0.178 e. The highest BCUT2D eigenvalue weighted by Gasteiger charge is 2.20.